The first-order valence-electron chi connectivity index (χ1n) is 6.90. The van der Waals surface area contributed by atoms with E-state index in [4.69, 9.17) is 0 Å². The van der Waals surface area contributed by atoms with Gasteiger partial charge in [-0.1, -0.05) is 19.1 Å². The lowest BCUT2D eigenvalue weighted by Gasteiger charge is -2.27. The molecule has 0 bridgehead atoms. The minimum atomic E-state index is -0.0983. The Morgan fingerprint density at radius 3 is 2.32 bits per heavy atom. The van der Waals surface area contributed by atoms with Gasteiger partial charge in [0.15, 0.2) is 0 Å². The maximum Gasteiger partial charge on any atom is 0.149 e. The molecule has 0 amide bonds. The van der Waals surface area contributed by atoms with Crippen molar-refractivity contribution in [2.45, 2.75) is 58.5 Å². The second kappa shape index (κ2) is 6.71. The Morgan fingerprint density at radius 2 is 1.84 bits per heavy atom. The minimum Gasteiger partial charge on any atom is -0.508 e. The summed E-state index contributed by atoms with van der Waals surface area (Å²) in [6.07, 6.45) is 2.18. The first-order chi connectivity index (χ1) is 8.81. The second-order valence-corrected chi connectivity index (χ2v) is 5.97. The van der Waals surface area contributed by atoms with Crippen molar-refractivity contribution in [1.29, 1.82) is 0 Å². The highest BCUT2D eigenvalue weighted by molar-refractivity contribution is 5.83. The summed E-state index contributed by atoms with van der Waals surface area (Å²) in [5, 5.41) is 12.6. The average Bonchev–Trinajstić information content (AvgIpc) is 2.34. The summed E-state index contributed by atoms with van der Waals surface area (Å²) in [5.74, 6) is 0.534. The van der Waals surface area contributed by atoms with Crippen molar-refractivity contribution in [1.82, 2.24) is 5.32 Å². The van der Waals surface area contributed by atoms with E-state index in [1.807, 2.05) is 19.1 Å². The maximum atomic E-state index is 12.0. The van der Waals surface area contributed by atoms with E-state index in [2.05, 4.69) is 26.1 Å². The van der Waals surface area contributed by atoms with Crippen LogP contribution >= 0.6 is 0 Å². The van der Waals surface area contributed by atoms with Crippen molar-refractivity contribution < 1.29 is 9.90 Å². The number of rotatable bonds is 6. The van der Waals surface area contributed by atoms with Crippen LogP contribution < -0.4 is 5.32 Å². The molecule has 19 heavy (non-hydrogen) atoms. The standard InChI is InChI=1S/C16H25NO2/c1-5-15(19)14(17-16(2,3)4)11-8-12-6-9-13(18)10-7-12/h6-7,9-10,14,17-18H,5,8,11H2,1-4H3. The number of carbonyl (C=O) groups is 1. The fourth-order valence-electron chi connectivity index (χ4n) is 2.06. The number of hydrogen-bond donors (Lipinski definition) is 2. The molecule has 1 unspecified atom stereocenters. The molecule has 0 spiro atoms. The summed E-state index contributed by atoms with van der Waals surface area (Å²) >= 11 is 0. The van der Waals surface area contributed by atoms with Crippen LogP contribution in [0.5, 0.6) is 5.75 Å². The number of aryl methyl sites for hydroxylation is 1. The predicted molar refractivity (Wildman–Crippen MR) is 78.4 cm³/mol. The zero-order valence-corrected chi connectivity index (χ0v) is 12.4. The van der Waals surface area contributed by atoms with Crippen LogP contribution in [0.15, 0.2) is 24.3 Å². The van der Waals surface area contributed by atoms with Gasteiger partial charge >= 0.3 is 0 Å². The monoisotopic (exact) mass is 263 g/mol. The molecule has 0 radical (unpaired) electrons. The molecule has 0 saturated carbocycles. The van der Waals surface area contributed by atoms with Gasteiger partial charge < -0.3 is 10.4 Å². The Bertz CT molecular complexity index is 404. The molecule has 0 aliphatic heterocycles. The van der Waals surface area contributed by atoms with Gasteiger partial charge in [-0.3, -0.25) is 4.79 Å². The fraction of sp³-hybridized carbons (Fsp3) is 0.562. The summed E-state index contributed by atoms with van der Waals surface area (Å²) in [5.41, 5.74) is 1.08. The Morgan fingerprint density at radius 1 is 1.26 bits per heavy atom. The van der Waals surface area contributed by atoms with Crippen LogP contribution in [0.25, 0.3) is 0 Å². The summed E-state index contributed by atoms with van der Waals surface area (Å²) in [4.78, 5) is 12.0. The molecule has 1 atom stereocenters. The molecule has 1 aromatic rings. The Kier molecular flexibility index (Phi) is 5.55. The SMILES string of the molecule is CCC(=O)C(CCc1ccc(O)cc1)NC(C)(C)C. The lowest BCUT2D eigenvalue weighted by molar-refractivity contribution is -0.121. The third kappa shape index (κ3) is 5.88. The topological polar surface area (TPSA) is 49.3 Å². The number of phenolic OH excluding ortho intramolecular Hbond substituents is 1. The number of carbonyl (C=O) groups excluding carboxylic acids is 1. The van der Waals surface area contributed by atoms with Crippen LogP contribution in [0, 0.1) is 0 Å². The van der Waals surface area contributed by atoms with Crippen molar-refractivity contribution in [2.24, 2.45) is 0 Å². The van der Waals surface area contributed by atoms with Crippen LogP contribution in [-0.2, 0) is 11.2 Å². The number of aromatic hydroxyl groups is 1. The van der Waals surface area contributed by atoms with Crippen LogP contribution in [0.1, 0.15) is 46.1 Å². The van der Waals surface area contributed by atoms with Gasteiger partial charge in [0.2, 0.25) is 0 Å². The zero-order chi connectivity index (χ0) is 14.5. The average molecular weight is 263 g/mol. The molecule has 0 heterocycles. The molecule has 0 aliphatic rings. The molecule has 0 fully saturated rings. The lowest BCUT2D eigenvalue weighted by Crippen LogP contribution is -2.47. The van der Waals surface area contributed by atoms with Crippen LogP contribution in [0.4, 0.5) is 0 Å². The zero-order valence-electron chi connectivity index (χ0n) is 12.4. The number of Topliss-reactive ketones (excluding diaryl/α,β-unsaturated/α-hetero) is 1. The third-order valence-electron chi connectivity index (χ3n) is 3.00. The number of phenols is 1. The maximum absolute atomic E-state index is 12.0. The Labute approximate surface area is 116 Å². The first-order valence-corrected chi connectivity index (χ1v) is 6.90. The molecule has 0 aromatic heterocycles. The van der Waals surface area contributed by atoms with Gasteiger partial charge in [0, 0.05) is 12.0 Å². The van der Waals surface area contributed by atoms with E-state index in [9.17, 15) is 9.90 Å². The van der Waals surface area contributed by atoms with E-state index >= 15 is 0 Å². The van der Waals surface area contributed by atoms with Gasteiger partial charge in [-0.15, -0.1) is 0 Å². The number of ketones is 1. The molecule has 106 valence electrons. The van der Waals surface area contributed by atoms with Crippen molar-refractivity contribution >= 4 is 5.78 Å². The first kappa shape index (κ1) is 15.7. The highest BCUT2D eigenvalue weighted by atomic mass is 16.3. The number of hydrogen-bond acceptors (Lipinski definition) is 3. The van der Waals surface area contributed by atoms with E-state index in [0.29, 0.717) is 6.42 Å². The summed E-state index contributed by atoms with van der Waals surface area (Å²) in [7, 11) is 0. The summed E-state index contributed by atoms with van der Waals surface area (Å²) in [6.45, 7) is 8.12. The van der Waals surface area contributed by atoms with Crippen LogP contribution in [0.2, 0.25) is 0 Å². The molecular formula is C16H25NO2. The van der Waals surface area contributed by atoms with Crippen molar-refractivity contribution in [3.8, 4) is 5.75 Å². The summed E-state index contributed by atoms with van der Waals surface area (Å²) < 4.78 is 0. The van der Waals surface area contributed by atoms with Gasteiger partial charge in [-0.25, -0.2) is 0 Å². The van der Waals surface area contributed by atoms with Gasteiger partial charge in [0.05, 0.1) is 6.04 Å². The predicted octanol–water partition coefficient (Wildman–Crippen LogP) is 3.06. The molecule has 0 saturated heterocycles. The third-order valence-corrected chi connectivity index (χ3v) is 3.00. The minimum absolute atomic E-state index is 0.0650. The van der Waals surface area contributed by atoms with E-state index < -0.39 is 0 Å². The highest BCUT2D eigenvalue weighted by Gasteiger charge is 2.22. The highest BCUT2D eigenvalue weighted by Crippen LogP contribution is 2.14. The Hall–Kier alpha value is -1.35. The molecule has 1 aromatic carbocycles. The van der Waals surface area contributed by atoms with Crippen molar-refractivity contribution in [2.75, 3.05) is 0 Å². The molecule has 3 heteroatoms. The molecule has 1 rings (SSSR count). The van der Waals surface area contributed by atoms with Gasteiger partial charge in [0.25, 0.3) is 0 Å². The summed E-state index contributed by atoms with van der Waals surface area (Å²) in [6, 6.07) is 7.07. The van der Waals surface area contributed by atoms with E-state index in [-0.39, 0.29) is 23.1 Å². The quantitative estimate of drug-likeness (QED) is 0.829. The molecule has 2 N–H and O–H groups in total. The fourth-order valence-corrected chi connectivity index (χ4v) is 2.06. The lowest BCUT2D eigenvalue weighted by atomic mass is 9.97. The second-order valence-electron chi connectivity index (χ2n) is 5.97. The normalized spacial score (nSPS) is 13.3. The smallest absolute Gasteiger partial charge is 0.149 e. The van der Waals surface area contributed by atoms with Crippen molar-refractivity contribution in [3.05, 3.63) is 29.8 Å². The molecular weight excluding hydrogens is 238 g/mol. The molecule has 0 aliphatic carbocycles. The van der Waals surface area contributed by atoms with Gasteiger partial charge in [-0.2, -0.15) is 0 Å². The molecule has 3 nitrogen and oxygen atoms in total. The number of nitrogens with one attached hydrogen (secondary N) is 1. The van der Waals surface area contributed by atoms with Gasteiger partial charge in [-0.05, 0) is 51.3 Å². The van der Waals surface area contributed by atoms with Crippen LogP contribution in [-0.4, -0.2) is 22.5 Å². The Balaban J connectivity index is 2.62. The van der Waals surface area contributed by atoms with Crippen molar-refractivity contribution in [3.63, 3.8) is 0 Å². The van der Waals surface area contributed by atoms with E-state index in [1.165, 1.54) is 0 Å². The van der Waals surface area contributed by atoms with Crippen LogP contribution in [0.3, 0.4) is 0 Å². The van der Waals surface area contributed by atoms with E-state index in [0.717, 1.165) is 18.4 Å². The van der Waals surface area contributed by atoms with Gasteiger partial charge in [0.1, 0.15) is 11.5 Å². The van der Waals surface area contributed by atoms with E-state index in [1.54, 1.807) is 12.1 Å². The largest absolute Gasteiger partial charge is 0.508 e. The number of benzene rings is 1.